The summed E-state index contributed by atoms with van der Waals surface area (Å²) in [5, 5.41) is 12.2. The van der Waals surface area contributed by atoms with Crippen LogP contribution in [0.15, 0.2) is 42.5 Å². The third-order valence-corrected chi connectivity index (χ3v) is 2.63. The molecule has 0 atom stereocenters. The minimum atomic E-state index is -1.18. The molecular formula is C13H9ClFNO2. The van der Waals surface area contributed by atoms with E-state index in [1.165, 1.54) is 12.1 Å². The second-order valence-electron chi connectivity index (χ2n) is 3.64. The van der Waals surface area contributed by atoms with Gasteiger partial charge in [-0.25, -0.2) is 9.18 Å². The molecule has 2 aromatic rings. The summed E-state index contributed by atoms with van der Waals surface area (Å²) in [5.74, 6) is -1.80. The highest BCUT2D eigenvalue weighted by Gasteiger charge is 2.08. The Bertz CT molecular complexity index is 601. The van der Waals surface area contributed by atoms with Gasteiger partial charge in [-0.15, -0.1) is 0 Å². The smallest absolute Gasteiger partial charge is 0.335 e. The monoisotopic (exact) mass is 265 g/mol. The second-order valence-corrected chi connectivity index (χ2v) is 4.05. The number of carboxylic acids is 1. The summed E-state index contributed by atoms with van der Waals surface area (Å²) in [5.41, 5.74) is 0.797. The Hall–Kier alpha value is -2.07. The first kappa shape index (κ1) is 12.4. The summed E-state index contributed by atoms with van der Waals surface area (Å²) < 4.78 is 13.3. The largest absolute Gasteiger partial charge is 0.478 e. The molecule has 0 aliphatic carbocycles. The fourth-order valence-electron chi connectivity index (χ4n) is 1.50. The van der Waals surface area contributed by atoms with Gasteiger partial charge in [0.25, 0.3) is 0 Å². The number of nitrogens with one attached hydrogen (secondary N) is 1. The average Bonchev–Trinajstić information content (AvgIpc) is 2.31. The Labute approximate surface area is 108 Å². The molecule has 0 amide bonds. The zero-order chi connectivity index (χ0) is 13.1. The number of carbonyl (C=O) groups is 1. The molecule has 92 valence electrons. The predicted molar refractivity (Wildman–Crippen MR) is 68.1 cm³/mol. The predicted octanol–water partition coefficient (Wildman–Crippen LogP) is 3.92. The number of hydrogen-bond donors (Lipinski definition) is 2. The van der Waals surface area contributed by atoms with Gasteiger partial charge in [0.1, 0.15) is 5.82 Å². The Kier molecular flexibility index (Phi) is 3.48. The summed E-state index contributed by atoms with van der Waals surface area (Å²) in [6.07, 6.45) is 0. The quantitative estimate of drug-likeness (QED) is 0.884. The van der Waals surface area contributed by atoms with Crippen molar-refractivity contribution in [1.82, 2.24) is 0 Å². The highest BCUT2D eigenvalue weighted by molar-refractivity contribution is 6.33. The topological polar surface area (TPSA) is 49.3 Å². The lowest BCUT2D eigenvalue weighted by molar-refractivity contribution is 0.0696. The van der Waals surface area contributed by atoms with Crippen LogP contribution in [0.4, 0.5) is 15.8 Å². The van der Waals surface area contributed by atoms with E-state index < -0.39 is 11.8 Å². The molecule has 0 aliphatic rings. The molecule has 2 N–H and O–H groups in total. The van der Waals surface area contributed by atoms with Crippen molar-refractivity contribution in [3.63, 3.8) is 0 Å². The van der Waals surface area contributed by atoms with Crippen LogP contribution in [0.1, 0.15) is 10.4 Å². The molecule has 2 rings (SSSR count). The number of carboxylic acid groups (broad SMARTS) is 1. The molecule has 0 fully saturated rings. The summed E-state index contributed by atoms with van der Waals surface area (Å²) >= 11 is 5.94. The number of para-hydroxylation sites is 1. The first-order valence-corrected chi connectivity index (χ1v) is 5.49. The number of hydrogen-bond acceptors (Lipinski definition) is 2. The maximum atomic E-state index is 13.3. The Morgan fingerprint density at radius 2 is 1.94 bits per heavy atom. The van der Waals surface area contributed by atoms with Crippen LogP contribution >= 0.6 is 11.6 Å². The summed E-state index contributed by atoms with van der Waals surface area (Å²) in [6, 6.07) is 10.4. The third kappa shape index (κ3) is 2.78. The standard InChI is InChI=1S/C13H9ClFNO2/c14-11-3-1-2-4-12(11)16-10-6-8(13(17)18)5-9(15)7-10/h1-7,16H,(H,17,18). The van der Waals surface area contributed by atoms with Crippen LogP contribution in [-0.4, -0.2) is 11.1 Å². The maximum absolute atomic E-state index is 13.3. The number of benzene rings is 2. The van der Waals surface area contributed by atoms with Crippen molar-refractivity contribution in [2.24, 2.45) is 0 Å². The molecule has 0 unspecified atom stereocenters. The molecular weight excluding hydrogens is 257 g/mol. The van der Waals surface area contributed by atoms with Crippen LogP contribution in [0.25, 0.3) is 0 Å². The molecule has 0 radical (unpaired) electrons. The van der Waals surface area contributed by atoms with E-state index >= 15 is 0 Å². The van der Waals surface area contributed by atoms with Gasteiger partial charge >= 0.3 is 5.97 Å². The van der Waals surface area contributed by atoms with Crippen molar-refractivity contribution in [2.45, 2.75) is 0 Å². The van der Waals surface area contributed by atoms with Gasteiger partial charge in [0.2, 0.25) is 0 Å². The van der Waals surface area contributed by atoms with Gasteiger partial charge < -0.3 is 10.4 Å². The lowest BCUT2D eigenvalue weighted by Crippen LogP contribution is -1.99. The zero-order valence-electron chi connectivity index (χ0n) is 9.15. The van der Waals surface area contributed by atoms with Crippen LogP contribution in [-0.2, 0) is 0 Å². The first-order valence-electron chi connectivity index (χ1n) is 5.12. The van der Waals surface area contributed by atoms with Crippen molar-refractivity contribution < 1.29 is 14.3 Å². The maximum Gasteiger partial charge on any atom is 0.335 e. The molecule has 0 aliphatic heterocycles. The Balaban J connectivity index is 2.35. The van der Waals surface area contributed by atoms with E-state index in [2.05, 4.69) is 5.32 Å². The molecule has 0 spiro atoms. The molecule has 0 saturated heterocycles. The van der Waals surface area contributed by atoms with E-state index in [1.54, 1.807) is 24.3 Å². The average molecular weight is 266 g/mol. The SMILES string of the molecule is O=C(O)c1cc(F)cc(Nc2ccccc2Cl)c1. The van der Waals surface area contributed by atoms with Gasteiger partial charge in [-0.1, -0.05) is 23.7 Å². The first-order chi connectivity index (χ1) is 8.56. The third-order valence-electron chi connectivity index (χ3n) is 2.30. The number of rotatable bonds is 3. The van der Waals surface area contributed by atoms with E-state index in [4.69, 9.17) is 16.7 Å². The van der Waals surface area contributed by atoms with Gasteiger partial charge in [0, 0.05) is 5.69 Å². The Morgan fingerprint density at radius 3 is 2.61 bits per heavy atom. The summed E-state index contributed by atoms with van der Waals surface area (Å²) in [7, 11) is 0. The fraction of sp³-hybridized carbons (Fsp3) is 0. The fourth-order valence-corrected chi connectivity index (χ4v) is 1.69. The summed E-state index contributed by atoms with van der Waals surface area (Å²) in [4.78, 5) is 10.8. The number of aromatic carboxylic acids is 1. The van der Waals surface area contributed by atoms with Gasteiger partial charge in [0.05, 0.1) is 16.3 Å². The van der Waals surface area contributed by atoms with Crippen molar-refractivity contribution in [2.75, 3.05) is 5.32 Å². The van der Waals surface area contributed by atoms with Crippen molar-refractivity contribution in [3.05, 3.63) is 58.9 Å². The van der Waals surface area contributed by atoms with E-state index in [1.807, 2.05) is 0 Å². The molecule has 3 nitrogen and oxygen atoms in total. The second kappa shape index (κ2) is 5.06. The van der Waals surface area contributed by atoms with Crippen molar-refractivity contribution in [3.8, 4) is 0 Å². The van der Waals surface area contributed by atoms with E-state index in [9.17, 15) is 9.18 Å². The molecule has 0 heterocycles. The Morgan fingerprint density at radius 1 is 1.22 bits per heavy atom. The van der Waals surface area contributed by atoms with E-state index in [-0.39, 0.29) is 5.56 Å². The van der Waals surface area contributed by atoms with Crippen LogP contribution in [0.2, 0.25) is 5.02 Å². The van der Waals surface area contributed by atoms with Crippen LogP contribution in [0, 0.1) is 5.82 Å². The minimum absolute atomic E-state index is 0.121. The molecule has 2 aromatic carbocycles. The van der Waals surface area contributed by atoms with Crippen molar-refractivity contribution >= 4 is 28.9 Å². The zero-order valence-corrected chi connectivity index (χ0v) is 9.91. The van der Waals surface area contributed by atoms with Crippen LogP contribution in [0.5, 0.6) is 0 Å². The van der Waals surface area contributed by atoms with Crippen LogP contribution < -0.4 is 5.32 Å². The van der Waals surface area contributed by atoms with Gasteiger partial charge in [-0.3, -0.25) is 0 Å². The minimum Gasteiger partial charge on any atom is -0.478 e. The normalized spacial score (nSPS) is 10.1. The number of halogens is 2. The summed E-state index contributed by atoms with van der Waals surface area (Å²) in [6.45, 7) is 0. The lowest BCUT2D eigenvalue weighted by Gasteiger charge is -2.09. The van der Waals surface area contributed by atoms with Gasteiger partial charge in [-0.05, 0) is 30.3 Å². The number of anilines is 2. The molecule has 18 heavy (non-hydrogen) atoms. The van der Waals surface area contributed by atoms with Gasteiger partial charge in [-0.2, -0.15) is 0 Å². The molecule has 0 aromatic heterocycles. The molecule has 0 bridgehead atoms. The highest BCUT2D eigenvalue weighted by atomic mass is 35.5. The van der Waals surface area contributed by atoms with E-state index in [0.29, 0.717) is 16.4 Å². The molecule has 5 heteroatoms. The van der Waals surface area contributed by atoms with Crippen molar-refractivity contribution in [1.29, 1.82) is 0 Å². The van der Waals surface area contributed by atoms with Gasteiger partial charge in [0.15, 0.2) is 0 Å². The van der Waals surface area contributed by atoms with E-state index in [0.717, 1.165) is 6.07 Å². The lowest BCUT2D eigenvalue weighted by atomic mass is 10.2. The molecule has 0 saturated carbocycles. The highest BCUT2D eigenvalue weighted by Crippen LogP contribution is 2.25. The van der Waals surface area contributed by atoms with Crippen LogP contribution in [0.3, 0.4) is 0 Å².